The molecule has 0 aliphatic carbocycles. The van der Waals surface area contributed by atoms with Gasteiger partial charge in [0.05, 0.1) is 30.3 Å². The van der Waals surface area contributed by atoms with Gasteiger partial charge in [-0.2, -0.15) is 13.2 Å². The lowest BCUT2D eigenvalue weighted by Gasteiger charge is -2.29. The van der Waals surface area contributed by atoms with Crippen LogP contribution in [0, 0.1) is 0 Å². The number of carbonyl (C=O) groups excluding carboxylic acids is 3. The topological polar surface area (TPSA) is 175 Å². The highest BCUT2D eigenvalue weighted by Crippen LogP contribution is 2.37. The van der Waals surface area contributed by atoms with Crippen LogP contribution < -0.4 is 21.9 Å². The van der Waals surface area contributed by atoms with Crippen LogP contribution in [0.25, 0.3) is 10.9 Å². The number of para-hydroxylation sites is 1. The average Bonchev–Trinajstić information content (AvgIpc) is 2.98. The minimum absolute atomic E-state index is 0.0444. The van der Waals surface area contributed by atoms with E-state index in [9.17, 15) is 37.5 Å². The molecule has 0 bridgehead atoms. The van der Waals surface area contributed by atoms with Gasteiger partial charge in [0.2, 0.25) is 0 Å². The Morgan fingerprint density at radius 3 is 2.11 bits per heavy atom. The Labute approximate surface area is 270 Å². The number of nitrogens with zero attached hydrogens (tertiary/aromatic N) is 2. The third kappa shape index (κ3) is 10.4. The minimum Gasteiger partial charge on any atom is -0.506 e. The Hall–Kier alpha value is -4.66. The molecule has 3 aromatic rings. The van der Waals surface area contributed by atoms with E-state index in [0.29, 0.717) is 16.8 Å². The predicted molar refractivity (Wildman–Crippen MR) is 170 cm³/mol. The fourth-order valence-corrected chi connectivity index (χ4v) is 4.38. The number of aromatic nitrogens is 2. The van der Waals surface area contributed by atoms with Gasteiger partial charge in [0.15, 0.2) is 0 Å². The Morgan fingerprint density at radius 1 is 1.02 bits per heavy atom. The van der Waals surface area contributed by atoms with Crippen LogP contribution in [0.5, 0.6) is 5.75 Å². The lowest BCUT2D eigenvalue weighted by Crippen LogP contribution is -2.39. The molecule has 1 aliphatic rings. The molecule has 2 aromatic heterocycles. The summed E-state index contributed by atoms with van der Waals surface area (Å²) in [6.45, 7) is 13.8. The number of nitrogens with two attached hydrogens (primary N) is 1. The molecule has 0 saturated carbocycles. The van der Waals surface area contributed by atoms with Crippen LogP contribution in [0.2, 0.25) is 0 Å². The highest BCUT2D eigenvalue weighted by atomic mass is 19.4. The van der Waals surface area contributed by atoms with Crippen molar-refractivity contribution < 1.29 is 42.1 Å². The van der Waals surface area contributed by atoms with Crippen molar-refractivity contribution >= 4 is 34.4 Å². The van der Waals surface area contributed by atoms with Gasteiger partial charge in [-0.3, -0.25) is 24.2 Å². The third-order valence-corrected chi connectivity index (χ3v) is 6.06. The van der Waals surface area contributed by atoms with Crippen LogP contribution in [0.15, 0.2) is 41.3 Å². The minimum atomic E-state index is -4.59. The molecule has 0 saturated heterocycles. The van der Waals surface area contributed by atoms with Gasteiger partial charge in [0.1, 0.15) is 34.8 Å². The SMILES string of the molecule is CC.CC(C)(C)OC(=O)CN.CC(C)(C)OC(=O)CNC(=O)c1c(O)c2cccc3c2n(c1=O)CC(c1ccc(C(F)(F)F)nc1)N3. The van der Waals surface area contributed by atoms with Gasteiger partial charge in [-0.05, 0) is 65.3 Å². The highest BCUT2D eigenvalue weighted by Gasteiger charge is 2.33. The molecule has 1 aliphatic heterocycles. The van der Waals surface area contributed by atoms with Gasteiger partial charge in [0.25, 0.3) is 11.5 Å². The maximum Gasteiger partial charge on any atom is 0.433 e. The molecule has 47 heavy (non-hydrogen) atoms. The number of benzene rings is 1. The Balaban J connectivity index is 0.000000605. The van der Waals surface area contributed by atoms with Gasteiger partial charge in [-0.1, -0.05) is 26.0 Å². The van der Waals surface area contributed by atoms with Gasteiger partial charge in [-0.25, -0.2) is 0 Å². The van der Waals surface area contributed by atoms with Crippen molar-refractivity contribution in [3.05, 3.63) is 63.7 Å². The monoisotopic (exact) mass is 665 g/mol. The second-order valence-corrected chi connectivity index (χ2v) is 12.1. The third-order valence-electron chi connectivity index (χ3n) is 6.06. The second-order valence-electron chi connectivity index (χ2n) is 12.1. The normalized spacial score (nSPS) is 14.0. The first-order valence-electron chi connectivity index (χ1n) is 14.8. The van der Waals surface area contributed by atoms with Crippen LogP contribution in [0.4, 0.5) is 18.9 Å². The molecule has 1 atom stereocenters. The summed E-state index contributed by atoms with van der Waals surface area (Å²) in [6.07, 6.45) is -3.52. The zero-order chi connectivity index (χ0) is 35.9. The lowest BCUT2D eigenvalue weighted by molar-refractivity contribution is -0.154. The first kappa shape index (κ1) is 38.5. The van der Waals surface area contributed by atoms with Gasteiger partial charge in [-0.15, -0.1) is 0 Å². The number of ether oxygens (including phenoxy) is 2. The van der Waals surface area contributed by atoms with E-state index in [4.69, 9.17) is 15.2 Å². The first-order valence-corrected chi connectivity index (χ1v) is 14.8. The van der Waals surface area contributed by atoms with Crippen molar-refractivity contribution in [1.29, 1.82) is 0 Å². The summed E-state index contributed by atoms with van der Waals surface area (Å²) in [6, 6.07) is 6.23. The fourth-order valence-electron chi connectivity index (χ4n) is 4.38. The van der Waals surface area contributed by atoms with Crippen LogP contribution >= 0.6 is 0 Å². The van der Waals surface area contributed by atoms with E-state index in [1.165, 1.54) is 16.7 Å². The number of hydrogen-bond donors (Lipinski definition) is 4. The number of amides is 1. The van der Waals surface area contributed by atoms with Gasteiger partial charge in [0, 0.05) is 11.6 Å². The number of hydrogen-bond acceptors (Lipinski definition) is 10. The smallest absolute Gasteiger partial charge is 0.433 e. The number of pyridine rings is 2. The molecular weight excluding hydrogens is 623 g/mol. The molecule has 258 valence electrons. The molecule has 0 radical (unpaired) electrons. The lowest BCUT2D eigenvalue weighted by atomic mass is 10.0. The largest absolute Gasteiger partial charge is 0.506 e. The maximum absolute atomic E-state index is 13.3. The van der Waals surface area contributed by atoms with Gasteiger partial charge >= 0.3 is 18.1 Å². The van der Waals surface area contributed by atoms with Crippen molar-refractivity contribution in [2.45, 2.75) is 85.4 Å². The maximum atomic E-state index is 13.3. The molecule has 1 unspecified atom stereocenters. The molecule has 0 fully saturated rings. The molecule has 0 spiro atoms. The average molecular weight is 666 g/mol. The summed E-state index contributed by atoms with van der Waals surface area (Å²) in [7, 11) is 0. The Bertz CT molecular complexity index is 1640. The van der Waals surface area contributed by atoms with E-state index < -0.39 is 64.4 Å². The molecule has 4 rings (SSSR count). The first-order chi connectivity index (χ1) is 21.7. The number of carbonyl (C=O) groups is 3. The number of halogens is 3. The Kier molecular flexibility index (Phi) is 12.5. The van der Waals surface area contributed by atoms with Crippen molar-refractivity contribution in [3.8, 4) is 5.75 Å². The van der Waals surface area contributed by atoms with Crippen LogP contribution in [0.1, 0.15) is 83.0 Å². The zero-order valence-corrected chi connectivity index (χ0v) is 27.7. The van der Waals surface area contributed by atoms with Crippen LogP contribution in [0.3, 0.4) is 0 Å². The highest BCUT2D eigenvalue weighted by molar-refractivity contribution is 6.05. The van der Waals surface area contributed by atoms with E-state index in [1.807, 2.05) is 13.8 Å². The molecule has 15 heteroatoms. The second kappa shape index (κ2) is 15.3. The quantitative estimate of drug-likeness (QED) is 0.280. The summed E-state index contributed by atoms with van der Waals surface area (Å²) < 4.78 is 49.9. The van der Waals surface area contributed by atoms with Crippen molar-refractivity contribution in [2.75, 3.05) is 18.4 Å². The van der Waals surface area contributed by atoms with E-state index in [1.54, 1.807) is 53.7 Å². The van der Waals surface area contributed by atoms with E-state index in [2.05, 4.69) is 15.6 Å². The van der Waals surface area contributed by atoms with E-state index >= 15 is 0 Å². The van der Waals surface area contributed by atoms with Crippen molar-refractivity contribution in [2.24, 2.45) is 5.73 Å². The van der Waals surface area contributed by atoms with E-state index in [0.717, 1.165) is 12.3 Å². The molecule has 1 amide bonds. The summed E-state index contributed by atoms with van der Waals surface area (Å²) in [5.41, 5.74) is 2.56. The molecule has 5 N–H and O–H groups in total. The summed E-state index contributed by atoms with van der Waals surface area (Å²) in [5, 5.41) is 16.4. The van der Waals surface area contributed by atoms with Gasteiger partial charge < -0.3 is 35.5 Å². The fraction of sp³-hybridized carbons (Fsp3) is 0.469. The number of esters is 2. The molecule has 1 aromatic carbocycles. The van der Waals surface area contributed by atoms with Crippen molar-refractivity contribution in [3.63, 3.8) is 0 Å². The number of nitrogens with one attached hydrogen (secondary N) is 2. The van der Waals surface area contributed by atoms with Crippen molar-refractivity contribution in [1.82, 2.24) is 14.9 Å². The number of anilines is 1. The molecule has 12 nitrogen and oxygen atoms in total. The Morgan fingerprint density at radius 2 is 1.62 bits per heavy atom. The molecule has 3 heterocycles. The molecular formula is C32H42F3N5O7. The zero-order valence-electron chi connectivity index (χ0n) is 27.7. The van der Waals surface area contributed by atoms with Crippen LogP contribution in [-0.2, 0) is 31.8 Å². The van der Waals surface area contributed by atoms with E-state index in [-0.39, 0.29) is 24.4 Å². The predicted octanol–water partition coefficient (Wildman–Crippen LogP) is 4.67. The summed E-state index contributed by atoms with van der Waals surface area (Å²) in [4.78, 5) is 52.1. The number of alkyl halides is 3. The summed E-state index contributed by atoms with van der Waals surface area (Å²) in [5.74, 6) is -2.60. The van der Waals surface area contributed by atoms with Crippen LogP contribution in [-0.4, -0.2) is 56.8 Å². The number of aromatic hydroxyl groups is 1. The standard InChI is InChI=1S/C24H23F3N4O5.C6H13NO2.C2H6/c1-23(2,3)36-17(32)10-29-21(34)18-20(33)13-5-4-6-14-19(13)31(22(18)35)11-15(30-14)12-7-8-16(28-9-12)24(25,26)27;1-6(2,3)9-5(8)4-7;1-2/h4-9,15,30,33H,10-11H2,1-3H3,(H,29,34);4,7H2,1-3H3;1-2H3. The number of rotatable bonds is 5. The summed E-state index contributed by atoms with van der Waals surface area (Å²) >= 11 is 0.